The Labute approximate surface area is 133 Å². The fourth-order valence-corrected chi connectivity index (χ4v) is 2.52. The van der Waals surface area contributed by atoms with Crippen molar-refractivity contribution in [2.45, 2.75) is 44.8 Å². The minimum atomic E-state index is -0.960. The second kappa shape index (κ2) is 7.08. The van der Waals surface area contributed by atoms with Crippen LogP contribution in [0.15, 0.2) is 18.2 Å². The molecule has 8 heteroatoms. The summed E-state index contributed by atoms with van der Waals surface area (Å²) < 4.78 is 5.09. The van der Waals surface area contributed by atoms with E-state index in [0.717, 1.165) is 37.8 Å². The highest BCUT2D eigenvalue weighted by Gasteiger charge is 2.24. The first-order valence-corrected chi connectivity index (χ1v) is 7.43. The highest BCUT2D eigenvalue weighted by atomic mass is 16.6. The van der Waals surface area contributed by atoms with Gasteiger partial charge < -0.3 is 15.8 Å². The zero-order valence-corrected chi connectivity index (χ0v) is 12.8. The number of nitrogens with two attached hydrogens (primary N) is 1. The Morgan fingerprint density at radius 1 is 1.39 bits per heavy atom. The van der Waals surface area contributed by atoms with Crippen LogP contribution in [-0.2, 0) is 9.53 Å². The number of non-ortho nitro benzene ring substituents is 1. The standard InChI is InChI=1S/C15H19N3O5/c1-9(14(19)17-10-4-2-3-5-10)23-15(20)12-7-6-11(18(21)22)8-13(12)16/h6-10H,2-5,16H2,1H3,(H,17,19)/t9-/m1/s1. The second-order valence-corrected chi connectivity index (χ2v) is 5.57. The number of nitrogens with zero attached hydrogens (tertiary/aromatic N) is 1. The van der Waals surface area contributed by atoms with E-state index >= 15 is 0 Å². The highest BCUT2D eigenvalue weighted by Crippen LogP contribution is 2.21. The molecule has 3 N–H and O–H groups in total. The molecule has 0 bridgehead atoms. The van der Waals surface area contributed by atoms with Crippen molar-refractivity contribution in [2.24, 2.45) is 0 Å². The number of carbonyl (C=O) groups excluding carboxylic acids is 2. The molecule has 0 radical (unpaired) electrons. The first-order chi connectivity index (χ1) is 10.9. The molecule has 1 aliphatic carbocycles. The van der Waals surface area contributed by atoms with Crippen molar-refractivity contribution in [3.8, 4) is 0 Å². The number of esters is 1. The predicted molar refractivity (Wildman–Crippen MR) is 82.8 cm³/mol. The second-order valence-electron chi connectivity index (χ2n) is 5.57. The summed E-state index contributed by atoms with van der Waals surface area (Å²) in [6, 6.07) is 3.60. The average Bonchev–Trinajstić information content (AvgIpc) is 2.99. The molecule has 1 fully saturated rings. The Kier molecular flexibility index (Phi) is 5.15. The number of nitro groups is 1. The zero-order chi connectivity index (χ0) is 17.0. The molecule has 0 heterocycles. The maximum Gasteiger partial charge on any atom is 0.341 e. The van der Waals surface area contributed by atoms with Gasteiger partial charge in [-0.2, -0.15) is 0 Å². The minimum absolute atomic E-state index is 0.00360. The highest BCUT2D eigenvalue weighted by molar-refractivity contribution is 5.97. The van der Waals surface area contributed by atoms with Crippen LogP contribution in [0.2, 0.25) is 0 Å². The smallest absolute Gasteiger partial charge is 0.341 e. The van der Waals surface area contributed by atoms with Gasteiger partial charge in [0.2, 0.25) is 0 Å². The van der Waals surface area contributed by atoms with Crippen molar-refractivity contribution in [3.63, 3.8) is 0 Å². The molecule has 1 saturated carbocycles. The molecule has 0 aromatic heterocycles. The van der Waals surface area contributed by atoms with Crippen LogP contribution in [0.1, 0.15) is 43.0 Å². The van der Waals surface area contributed by atoms with Gasteiger partial charge in [-0.3, -0.25) is 14.9 Å². The predicted octanol–water partition coefficient (Wildman–Crippen LogP) is 1.78. The Hall–Kier alpha value is -2.64. The molecule has 23 heavy (non-hydrogen) atoms. The third kappa shape index (κ3) is 4.18. The molecule has 0 spiro atoms. The summed E-state index contributed by atoms with van der Waals surface area (Å²) in [5.41, 5.74) is 5.36. The molecule has 0 saturated heterocycles. The van der Waals surface area contributed by atoms with E-state index in [1.165, 1.54) is 13.0 Å². The molecule has 124 valence electrons. The summed E-state index contributed by atoms with van der Waals surface area (Å²) >= 11 is 0. The molecule has 1 aromatic rings. The number of hydrogen-bond donors (Lipinski definition) is 2. The van der Waals surface area contributed by atoms with Gasteiger partial charge in [0.15, 0.2) is 6.10 Å². The molecule has 2 rings (SSSR count). The molecule has 1 aliphatic rings. The van der Waals surface area contributed by atoms with Gasteiger partial charge in [-0.05, 0) is 25.8 Å². The van der Waals surface area contributed by atoms with Crippen molar-refractivity contribution in [3.05, 3.63) is 33.9 Å². The molecule has 0 aliphatic heterocycles. The molecule has 8 nitrogen and oxygen atoms in total. The molecular weight excluding hydrogens is 302 g/mol. The van der Waals surface area contributed by atoms with E-state index in [1.54, 1.807) is 0 Å². The van der Waals surface area contributed by atoms with E-state index in [4.69, 9.17) is 10.5 Å². The molecular formula is C15H19N3O5. The summed E-state index contributed by atoms with van der Waals surface area (Å²) in [5, 5.41) is 13.5. The largest absolute Gasteiger partial charge is 0.449 e. The van der Waals surface area contributed by atoms with E-state index in [2.05, 4.69) is 5.32 Å². The quantitative estimate of drug-likeness (QED) is 0.368. The van der Waals surface area contributed by atoms with Gasteiger partial charge in [0.05, 0.1) is 16.2 Å². The van der Waals surface area contributed by atoms with Gasteiger partial charge >= 0.3 is 5.97 Å². The van der Waals surface area contributed by atoms with Crippen LogP contribution < -0.4 is 11.1 Å². The number of benzene rings is 1. The lowest BCUT2D eigenvalue weighted by Gasteiger charge is -2.17. The van der Waals surface area contributed by atoms with E-state index < -0.39 is 17.0 Å². The summed E-state index contributed by atoms with van der Waals surface area (Å²) in [5.74, 6) is -1.14. The lowest BCUT2D eigenvalue weighted by molar-refractivity contribution is -0.384. The van der Waals surface area contributed by atoms with Crippen LogP contribution >= 0.6 is 0 Å². The fraction of sp³-hybridized carbons (Fsp3) is 0.467. The number of amides is 1. The van der Waals surface area contributed by atoms with Crippen LogP contribution in [0.4, 0.5) is 11.4 Å². The van der Waals surface area contributed by atoms with Crippen molar-refractivity contribution in [1.82, 2.24) is 5.32 Å². The first kappa shape index (κ1) is 16.7. The molecule has 1 amide bonds. The monoisotopic (exact) mass is 321 g/mol. The van der Waals surface area contributed by atoms with Crippen molar-refractivity contribution < 1.29 is 19.2 Å². The minimum Gasteiger partial charge on any atom is -0.449 e. The third-order valence-electron chi connectivity index (χ3n) is 3.82. The maximum atomic E-state index is 12.0. The molecule has 1 atom stereocenters. The summed E-state index contributed by atoms with van der Waals surface area (Å²) in [4.78, 5) is 34.1. The van der Waals surface area contributed by atoms with Crippen LogP contribution in [-0.4, -0.2) is 28.9 Å². The van der Waals surface area contributed by atoms with Crippen molar-refractivity contribution in [2.75, 3.05) is 5.73 Å². The maximum absolute atomic E-state index is 12.0. The molecule has 1 aromatic carbocycles. The first-order valence-electron chi connectivity index (χ1n) is 7.43. The van der Waals surface area contributed by atoms with E-state index in [-0.39, 0.29) is 28.9 Å². The number of hydrogen-bond acceptors (Lipinski definition) is 6. The lowest BCUT2D eigenvalue weighted by Crippen LogP contribution is -2.40. The number of nitrogens with one attached hydrogen (secondary N) is 1. The lowest BCUT2D eigenvalue weighted by atomic mass is 10.1. The zero-order valence-electron chi connectivity index (χ0n) is 12.8. The third-order valence-corrected chi connectivity index (χ3v) is 3.82. The van der Waals surface area contributed by atoms with Crippen LogP contribution in [0.3, 0.4) is 0 Å². The van der Waals surface area contributed by atoms with Gasteiger partial charge in [0.1, 0.15) is 0 Å². The van der Waals surface area contributed by atoms with E-state index in [1.807, 2.05) is 0 Å². The van der Waals surface area contributed by atoms with Crippen molar-refractivity contribution in [1.29, 1.82) is 0 Å². The summed E-state index contributed by atoms with van der Waals surface area (Å²) in [6.45, 7) is 1.48. The number of ether oxygens (including phenoxy) is 1. The Morgan fingerprint density at radius 2 is 2.04 bits per heavy atom. The Balaban J connectivity index is 1.97. The van der Waals surface area contributed by atoms with Crippen LogP contribution in [0, 0.1) is 10.1 Å². The Bertz CT molecular complexity index is 626. The van der Waals surface area contributed by atoms with Crippen LogP contribution in [0.5, 0.6) is 0 Å². The average molecular weight is 321 g/mol. The number of rotatable bonds is 5. The topological polar surface area (TPSA) is 125 Å². The molecule has 0 unspecified atom stereocenters. The summed E-state index contributed by atoms with van der Waals surface area (Å²) in [7, 11) is 0. The fourth-order valence-electron chi connectivity index (χ4n) is 2.52. The van der Waals surface area contributed by atoms with E-state index in [0.29, 0.717) is 0 Å². The number of nitrogen functional groups attached to an aromatic ring is 1. The SMILES string of the molecule is C[C@@H](OC(=O)c1ccc([N+](=O)[O-])cc1N)C(=O)NC1CCCC1. The van der Waals surface area contributed by atoms with E-state index in [9.17, 15) is 19.7 Å². The van der Waals surface area contributed by atoms with Gasteiger partial charge in [0.25, 0.3) is 11.6 Å². The number of anilines is 1. The van der Waals surface area contributed by atoms with Gasteiger partial charge in [-0.25, -0.2) is 4.79 Å². The normalized spacial score (nSPS) is 15.9. The summed E-state index contributed by atoms with van der Waals surface area (Å²) in [6.07, 6.45) is 3.07. The van der Waals surface area contributed by atoms with Crippen LogP contribution in [0.25, 0.3) is 0 Å². The van der Waals surface area contributed by atoms with Gasteiger partial charge in [-0.15, -0.1) is 0 Å². The Morgan fingerprint density at radius 3 is 2.61 bits per heavy atom. The van der Waals surface area contributed by atoms with Crippen molar-refractivity contribution >= 4 is 23.3 Å². The van der Waals surface area contributed by atoms with Gasteiger partial charge in [0, 0.05) is 18.2 Å². The number of carbonyl (C=O) groups is 2. The number of nitro benzene ring substituents is 1. The van der Waals surface area contributed by atoms with Gasteiger partial charge in [-0.1, -0.05) is 12.8 Å².